The molecule has 0 bridgehead atoms. The highest BCUT2D eigenvalue weighted by Gasteiger charge is 2.19. The summed E-state index contributed by atoms with van der Waals surface area (Å²) < 4.78 is 5.67. The van der Waals surface area contributed by atoms with Crippen molar-refractivity contribution in [1.29, 1.82) is 0 Å². The fourth-order valence-corrected chi connectivity index (χ4v) is 1.96. The van der Waals surface area contributed by atoms with Gasteiger partial charge in [-0.05, 0) is 43.0 Å². The highest BCUT2D eigenvalue weighted by molar-refractivity contribution is 5.40. The third-order valence-electron chi connectivity index (χ3n) is 2.89. The maximum absolute atomic E-state index is 5.97. The van der Waals surface area contributed by atoms with Crippen LogP contribution in [-0.2, 0) is 6.42 Å². The molecule has 1 unspecified atom stereocenters. The van der Waals surface area contributed by atoms with E-state index in [4.69, 9.17) is 10.5 Å². The van der Waals surface area contributed by atoms with E-state index in [1.165, 1.54) is 11.1 Å². The minimum absolute atomic E-state index is 0.0538. The molecule has 0 heterocycles. The van der Waals surface area contributed by atoms with Gasteiger partial charge >= 0.3 is 0 Å². The minimum Gasteiger partial charge on any atom is -0.487 e. The number of hydrogen-bond donors (Lipinski definition) is 1. The average Bonchev–Trinajstić information content (AvgIpc) is 2.60. The first kappa shape index (κ1) is 10.2. The van der Waals surface area contributed by atoms with Gasteiger partial charge in [-0.15, -0.1) is 0 Å². The number of benzene rings is 1. The molecule has 80 valence electrons. The van der Waals surface area contributed by atoms with E-state index in [0.717, 1.165) is 18.6 Å². The van der Waals surface area contributed by atoms with E-state index >= 15 is 0 Å². The second kappa shape index (κ2) is 4.07. The standard InChI is InChI=1S/C13H17NO/c1-3-9(2)15-11-5-6-12-10(8-11)4-7-13(12)14/h3,5-6,8-9,13H,1,4,7,14H2,2H3/t9?,13-/m0/s1. The lowest BCUT2D eigenvalue weighted by molar-refractivity contribution is 0.270. The molecule has 1 aliphatic carbocycles. The molecule has 0 aliphatic heterocycles. The zero-order valence-corrected chi connectivity index (χ0v) is 9.07. The second-order valence-corrected chi connectivity index (χ2v) is 4.06. The molecule has 0 saturated heterocycles. The molecule has 2 rings (SSSR count). The molecule has 2 atom stereocenters. The van der Waals surface area contributed by atoms with Gasteiger partial charge in [0, 0.05) is 6.04 Å². The summed E-state index contributed by atoms with van der Waals surface area (Å²) in [6.45, 7) is 5.67. The first-order valence-electron chi connectivity index (χ1n) is 5.38. The number of hydrogen-bond acceptors (Lipinski definition) is 2. The van der Waals surface area contributed by atoms with Crippen molar-refractivity contribution < 1.29 is 4.74 Å². The lowest BCUT2D eigenvalue weighted by Crippen LogP contribution is -2.08. The summed E-state index contributed by atoms with van der Waals surface area (Å²) in [6.07, 6.45) is 3.96. The van der Waals surface area contributed by atoms with Crippen LogP contribution in [0.4, 0.5) is 0 Å². The molecule has 1 aromatic rings. The van der Waals surface area contributed by atoms with Crippen LogP contribution in [0.5, 0.6) is 5.75 Å². The van der Waals surface area contributed by atoms with Crippen LogP contribution in [0, 0.1) is 0 Å². The number of ether oxygens (including phenoxy) is 1. The van der Waals surface area contributed by atoms with Crippen molar-refractivity contribution >= 4 is 0 Å². The molecule has 2 N–H and O–H groups in total. The van der Waals surface area contributed by atoms with Gasteiger partial charge in [-0.25, -0.2) is 0 Å². The first-order chi connectivity index (χ1) is 7.20. The van der Waals surface area contributed by atoms with Crippen molar-refractivity contribution in [1.82, 2.24) is 0 Å². The van der Waals surface area contributed by atoms with Crippen molar-refractivity contribution in [2.75, 3.05) is 0 Å². The highest BCUT2D eigenvalue weighted by Crippen LogP contribution is 2.32. The van der Waals surface area contributed by atoms with E-state index in [2.05, 4.69) is 18.7 Å². The third-order valence-corrected chi connectivity index (χ3v) is 2.89. The van der Waals surface area contributed by atoms with Crippen molar-refractivity contribution in [3.63, 3.8) is 0 Å². The third kappa shape index (κ3) is 2.05. The van der Waals surface area contributed by atoms with Gasteiger partial charge in [-0.1, -0.05) is 18.7 Å². The van der Waals surface area contributed by atoms with Crippen LogP contribution in [0.2, 0.25) is 0 Å². The Morgan fingerprint density at radius 3 is 3.13 bits per heavy atom. The van der Waals surface area contributed by atoms with Crippen LogP contribution in [0.3, 0.4) is 0 Å². The van der Waals surface area contributed by atoms with Crippen LogP contribution in [0.1, 0.15) is 30.5 Å². The molecule has 0 fully saturated rings. The van der Waals surface area contributed by atoms with Crippen LogP contribution in [0.15, 0.2) is 30.9 Å². The predicted octanol–water partition coefficient (Wildman–Crippen LogP) is 2.59. The van der Waals surface area contributed by atoms with E-state index < -0.39 is 0 Å². The zero-order valence-electron chi connectivity index (χ0n) is 9.07. The molecule has 1 aliphatic rings. The van der Waals surface area contributed by atoms with E-state index in [9.17, 15) is 0 Å². The number of nitrogens with two attached hydrogens (primary N) is 1. The van der Waals surface area contributed by atoms with E-state index in [-0.39, 0.29) is 12.1 Å². The summed E-state index contributed by atoms with van der Waals surface area (Å²) in [4.78, 5) is 0. The molecule has 15 heavy (non-hydrogen) atoms. The smallest absolute Gasteiger partial charge is 0.120 e. The summed E-state index contributed by atoms with van der Waals surface area (Å²) in [7, 11) is 0. The van der Waals surface area contributed by atoms with E-state index in [1.54, 1.807) is 6.08 Å². The van der Waals surface area contributed by atoms with Crippen molar-refractivity contribution in [3.05, 3.63) is 42.0 Å². The summed E-state index contributed by atoms with van der Waals surface area (Å²) in [5.74, 6) is 0.912. The van der Waals surface area contributed by atoms with Gasteiger partial charge in [0.25, 0.3) is 0 Å². The Hall–Kier alpha value is -1.28. The average molecular weight is 203 g/mol. The lowest BCUT2D eigenvalue weighted by atomic mass is 10.1. The maximum Gasteiger partial charge on any atom is 0.120 e. The van der Waals surface area contributed by atoms with Crippen LogP contribution < -0.4 is 10.5 Å². The molecule has 2 heteroatoms. The summed E-state index contributed by atoms with van der Waals surface area (Å²) in [5.41, 5.74) is 8.57. The molecular weight excluding hydrogens is 186 g/mol. The van der Waals surface area contributed by atoms with Crippen LogP contribution in [-0.4, -0.2) is 6.10 Å². The SMILES string of the molecule is C=CC(C)Oc1ccc2c(c1)CC[C@@H]2N. The van der Waals surface area contributed by atoms with Gasteiger partial charge in [0.15, 0.2) is 0 Å². The van der Waals surface area contributed by atoms with Crippen molar-refractivity contribution in [2.45, 2.75) is 31.9 Å². The summed E-state index contributed by atoms with van der Waals surface area (Å²) >= 11 is 0. The Kier molecular flexibility index (Phi) is 2.78. The van der Waals surface area contributed by atoms with Gasteiger partial charge < -0.3 is 10.5 Å². The quantitative estimate of drug-likeness (QED) is 0.766. The molecule has 2 nitrogen and oxygen atoms in total. The van der Waals surface area contributed by atoms with E-state index in [0.29, 0.717) is 0 Å². The highest BCUT2D eigenvalue weighted by atomic mass is 16.5. The Morgan fingerprint density at radius 1 is 1.60 bits per heavy atom. The van der Waals surface area contributed by atoms with Gasteiger partial charge in [0.2, 0.25) is 0 Å². The molecule has 0 amide bonds. The minimum atomic E-state index is 0.0538. The normalized spacial score (nSPS) is 20.8. The van der Waals surface area contributed by atoms with Gasteiger partial charge in [0.1, 0.15) is 11.9 Å². The fraction of sp³-hybridized carbons (Fsp3) is 0.385. The Balaban J connectivity index is 2.19. The van der Waals surface area contributed by atoms with Crippen LogP contribution >= 0.6 is 0 Å². The van der Waals surface area contributed by atoms with Crippen molar-refractivity contribution in [2.24, 2.45) is 5.73 Å². The fourth-order valence-electron chi connectivity index (χ4n) is 1.96. The van der Waals surface area contributed by atoms with Crippen molar-refractivity contribution in [3.8, 4) is 5.75 Å². The molecule has 0 radical (unpaired) electrons. The molecule has 0 spiro atoms. The number of fused-ring (bicyclic) bond motifs is 1. The molecule has 1 aromatic carbocycles. The Bertz CT molecular complexity index is 373. The zero-order chi connectivity index (χ0) is 10.8. The largest absolute Gasteiger partial charge is 0.487 e. The van der Waals surface area contributed by atoms with Gasteiger partial charge in [0.05, 0.1) is 0 Å². The van der Waals surface area contributed by atoms with Gasteiger partial charge in [-0.2, -0.15) is 0 Å². The summed E-state index contributed by atoms with van der Waals surface area (Å²) in [6, 6.07) is 6.38. The molecule has 0 aromatic heterocycles. The lowest BCUT2D eigenvalue weighted by Gasteiger charge is -2.12. The van der Waals surface area contributed by atoms with Gasteiger partial charge in [-0.3, -0.25) is 0 Å². The first-order valence-corrected chi connectivity index (χ1v) is 5.38. The number of aryl methyl sites for hydroxylation is 1. The topological polar surface area (TPSA) is 35.2 Å². The van der Waals surface area contributed by atoms with E-state index in [1.807, 2.05) is 13.0 Å². The van der Waals surface area contributed by atoms with Crippen LogP contribution in [0.25, 0.3) is 0 Å². The summed E-state index contributed by atoms with van der Waals surface area (Å²) in [5, 5.41) is 0. The molecular formula is C13H17NO. The Labute approximate surface area is 90.7 Å². The predicted molar refractivity (Wildman–Crippen MR) is 62.0 cm³/mol. The monoisotopic (exact) mass is 203 g/mol. The maximum atomic E-state index is 5.97. The molecule has 0 saturated carbocycles. The second-order valence-electron chi connectivity index (χ2n) is 4.06. The Morgan fingerprint density at radius 2 is 2.40 bits per heavy atom. The number of rotatable bonds is 3.